The summed E-state index contributed by atoms with van der Waals surface area (Å²) < 4.78 is 8.55. The van der Waals surface area contributed by atoms with Crippen molar-refractivity contribution in [1.29, 1.82) is 0 Å². The molecule has 116 valence electrons. The highest BCUT2D eigenvalue weighted by Crippen LogP contribution is 2.34. The molecule has 0 aliphatic rings. The van der Waals surface area contributed by atoms with Crippen molar-refractivity contribution in [2.45, 2.75) is 0 Å². The summed E-state index contributed by atoms with van der Waals surface area (Å²) in [6.07, 6.45) is 0. The molecule has 0 fully saturated rings. The Labute approximate surface area is 132 Å². The van der Waals surface area contributed by atoms with E-state index in [1.165, 1.54) is 32.3 Å². The Morgan fingerprint density at radius 1 is 0.478 bits per heavy atom. The van der Waals surface area contributed by atoms with Crippen molar-refractivity contribution in [1.82, 2.24) is 0 Å². The van der Waals surface area contributed by atoms with Crippen molar-refractivity contribution >= 4 is 40.1 Å². The number of fused-ring (bicyclic) bond motifs is 6. The molecule has 0 atom stereocenters. The first-order valence-electron chi connectivity index (χ1n) is 6.96. The summed E-state index contributed by atoms with van der Waals surface area (Å²) in [5.74, 6) is 0. The van der Waals surface area contributed by atoms with Crippen LogP contribution in [0.2, 0.25) is 0 Å². The Balaban J connectivity index is 0.000000276. The van der Waals surface area contributed by atoms with Gasteiger partial charge in [0.15, 0.2) is 0 Å². The lowest BCUT2D eigenvalue weighted by molar-refractivity contribution is -0.432. The fourth-order valence-corrected chi connectivity index (χ4v) is 2.86. The van der Waals surface area contributed by atoms with E-state index in [9.17, 15) is 0 Å². The lowest BCUT2D eigenvalue weighted by Crippen LogP contribution is -2.24. The molecule has 0 aliphatic heterocycles. The van der Waals surface area contributed by atoms with Crippen molar-refractivity contribution < 1.29 is 19.2 Å². The van der Waals surface area contributed by atoms with E-state index in [4.69, 9.17) is 19.2 Å². The van der Waals surface area contributed by atoms with Crippen LogP contribution >= 0.6 is 7.82 Å². The van der Waals surface area contributed by atoms with Crippen LogP contribution in [0.1, 0.15) is 0 Å². The Bertz CT molecular complexity index is 808. The van der Waals surface area contributed by atoms with Crippen molar-refractivity contribution in [2.24, 2.45) is 0 Å². The second-order valence-corrected chi connectivity index (χ2v) is 5.98. The molecular weight excluding hydrogens is 311 g/mol. The molecule has 0 saturated carbocycles. The first kappa shape index (κ1) is 15.7. The van der Waals surface area contributed by atoms with Crippen molar-refractivity contribution in [3.8, 4) is 0 Å². The monoisotopic (exact) mass is 323 g/mol. The predicted molar refractivity (Wildman–Crippen MR) is 86.6 cm³/mol. The van der Waals surface area contributed by atoms with E-state index in [-0.39, 0.29) is 0 Å². The lowest BCUT2D eigenvalue weighted by Gasteiger charge is -2.36. The third-order valence-corrected chi connectivity index (χ3v) is 3.65. The Morgan fingerprint density at radius 3 is 0.739 bits per heavy atom. The molecule has 0 unspecified atom stereocenters. The minimum Gasteiger partial charge on any atom is -0.822 e. The topological polar surface area (TPSA) is 86.2 Å². The maximum atomic E-state index is 8.55. The summed E-state index contributed by atoms with van der Waals surface area (Å²) in [6.45, 7) is 0. The number of phosphoric acid groups is 1. The van der Waals surface area contributed by atoms with Crippen molar-refractivity contribution in [2.75, 3.05) is 0 Å². The summed E-state index contributed by atoms with van der Waals surface area (Å²) in [5, 5.41) is 8.04. The van der Waals surface area contributed by atoms with Crippen LogP contribution in [0.15, 0.2) is 72.8 Å². The highest BCUT2D eigenvalue weighted by molar-refractivity contribution is 7.40. The Hall–Kier alpha value is -2.23. The smallest absolute Gasteiger partial charge is 0.00990 e. The SMILES string of the molecule is O=P([O-])([O-])[O-].c1ccc2c(c1)c1ccccc1c1ccccc21. The van der Waals surface area contributed by atoms with Gasteiger partial charge >= 0.3 is 0 Å². The maximum absolute atomic E-state index is 8.55. The van der Waals surface area contributed by atoms with Gasteiger partial charge in [0.1, 0.15) is 0 Å². The minimum absolute atomic E-state index is 1.34. The molecule has 0 bridgehead atoms. The van der Waals surface area contributed by atoms with Crippen LogP contribution in [-0.4, -0.2) is 0 Å². The van der Waals surface area contributed by atoms with Gasteiger partial charge in [-0.25, -0.2) is 0 Å². The zero-order valence-electron chi connectivity index (χ0n) is 12.0. The molecule has 0 aromatic heterocycles. The lowest BCUT2D eigenvalue weighted by atomic mass is 9.95. The zero-order valence-corrected chi connectivity index (χ0v) is 12.9. The largest absolute Gasteiger partial charge is 0.822 e. The molecule has 0 radical (unpaired) electrons. The van der Waals surface area contributed by atoms with E-state index in [1.807, 2.05) is 0 Å². The third kappa shape index (κ3) is 3.41. The molecular formula is C18H12O4P-3. The van der Waals surface area contributed by atoms with E-state index in [0.717, 1.165) is 0 Å². The van der Waals surface area contributed by atoms with Crippen LogP contribution in [-0.2, 0) is 4.57 Å². The van der Waals surface area contributed by atoms with Gasteiger partial charge in [-0.2, -0.15) is 7.82 Å². The van der Waals surface area contributed by atoms with Gasteiger partial charge in [0.2, 0.25) is 0 Å². The van der Waals surface area contributed by atoms with Crippen LogP contribution in [0.4, 0.5) is 0 Å². The third-order valence-electron chi connectivity index (χ3n) is 3.65. The van der Waals surface area contributed by atoms with E-state index in [0.29, 0.717) is 0 Å². The summed E-state index contributed by atoms with van der Waals surface area (Å²) in [7, 11) is -5.39. The zero-order chi connectivity index (χ0) is 16.4. The molecule has 0 amide bonds. The normalized spacial score (nSPS) is 11.4. The van der Waals surface area contributed by atoms with E-state index < -0.39 is 7.82 Å². The first-order chi connectivity index (χ1) is 10.9. The number of benzene rings is 4. The molecule has 5 heteroatoms. The van der Waals surface area contributed by atoms with E-state index in [2.05, 4.69) is 72.8 Å². The van der Waals surface area contributed by atoms with Gasteiger partial charge in [-0.05, 0) is 32.3 Å². The quantitative estimate of drug-likeness (QED) is 0.367. The number of hydrogen-bond donors (Lipinski definition) is 0. The van der Waals surface area contributed by atoms with Crippen LogP contribution < -0.4 is 14.7 Å². The van der Waals surface area contributed by atoms with Crippen LogP contribution in [0, 0.1) is 0 Å². The number of rotatable bonds is 0. The molecule has 0 saturated heterocycles. The second kappa shape index (κ2) is 6.11. The Kier molecular flexibility index (Phi) is 4.16. The fraction of sp³-hybridized carbons (Fsp3) is 0. The molecule has 23 heavy (non-hydrogen) atoms. The molecule has 0 spiro atoms. The van der Waals surface area contributed by atoms with Gasteiger partial charge in [0.25, 0.3) is 0 Å². The summed E-state index contributed by atoms with van der Waals surface area (Å²) >= 11 is 0. The molecule has 0 aliphatic carbocycles. The summed E-state index contributed by atoms with van der Waals surface area (Å²) in [5.41, 5.74) is 0. The number of hydrogen-bond acceptors (Lipinski definition) is 4. The van der Waals surface area contributed by atoms with Gasteiger partial charge in [-0.1, -0.05) is 72.8 Å². The van der Waals surface area contributed by atoms with E-state index in [1.54, 1.807) is 0 Å². The molecule has 4 rings (SSSR count). The highest BCUT2D eigenvalue weighted by atomic mass is 31.2. The Morgan fingerprint density at radius 2 is 0.609 bits per heavy atom. The van der Waals surface area contributed by atoms with Crippen LogP contribution in [0.25, 0.3) is 32.3 Å². The molecule has 4 nitrogen and oxygen atoms in total. The molecule has 4 aromatic carbocycles. The van der Waals surface area contributed by atoms with Gasteiger partial charge in [0.05, 0.1) is 0 Å². The second-order valence-electron chi connectivity index (χ2n) is 5.08. The van der Waals surface area contributed by atoms with Crippen molar-refractivity contribution in [3.05, 3.63) is 72.8 Å². The maximum Gasteiger partial charge on any atom is -0.00990 e. The fourth-order valence-electron chi connectivity index (χ4n) is 2.86. The van der Waals surface area contributed by atoms with Gasteiger partial charge in [-0.3, -0.25) is 0 Å². The van der Waals surface area contributed by atoms with Crippen LogP contribution in [0.3, 0.4) is 0 Å². The molecule has 4 aromatic rings. The van der Waals surface area contributed by atoms with Gasteiger partial charge < -0.3 is 19.2 Å². The predicted octanol–water partition coefficient (Wildman–Crippen LogP) is 2.32. The molecule has 0 heterocycles. The average molecular weight is 323 g/mol. The van der Waals surface area contributed by atoms with Gasteiger partial charge in [0, 0.05) is 0 Å². The van der Waals surface area contributed by atoms with Crippen molar-refractivity contribution in [3.63, 3.8) is 0 Å². The summed E-state index contributed by atoms with van der Waals surface area (Å²) in [4.78, 5) is 25.6. The highest BCUT2D eigenvalue weighted by Gasteiger charge is 2.06. The molecule has 0 N–H and O–H groups in total. The standard InChI is InChI=1S/C18H12.H3O4P/c1-2-8-14-13(7-1)15-9-3-4-11-17(15)18-12-6-5-10-16(14)18;1-5(2,3)4/h1-12H;(H3,1,2,3,4)/p-3. The van der Waals surface area contributed by atoms with Gasteiger partial charge in [-0.15, -0.1) is 0 Å². The van der Waals surface area contributed by atoms with Crippen LogP contribution in [0.5, 0.6) is 0 Å². The summed E-state index contributed by atoms with van der Waals surface area (Å²) in [6, 6.07) is 26.0. The minimum atomic E-state index is -5.39. The first-order valence-corrected chi connectivity index (χ1v) is 8.42. The van der Waals surface area contributed by atoms with E-state index >= 15 is 0 Å². The average Bonchev–Trinajstić information content (AvgIpc) is 2.54.